The molecule has 0 aliphatic rings. The van der Waals surface area contributed by atoms with Crippen LogP contribution >= 0.6 is 0 Å². The minimum Gasteiger partial charge on any atom is -0.449 e. The molecule has 0 rings (SSSR count). The van der Waals surface area contributed by atoms with Crippen LogP contribution in [0.1, 0.15) is 33.6 Å². The summed E-state index contributed by atoms with van der Waals surface area (Å²) in [5.74, 6) is 0.691. The van der Waals surface area contributed by atoms with Crippen LogP contribution in [0, 0.1) is 11.8 Å². The summed E-state index contributed by atoms with van der Waals surface area (Å²) in [6.45, 7) is 7.22. The highest BCUT2D eigenvalue weighted by Gasteiger charge is 2.08. The number of nitrogens with one attached hydrogen (secondary N) is 1. The van der Waals surface area contributed by atoms with Crippen LogP contribution in [0.2, 0.25) is 0 Å². The fourth-order valence-electron chi connectivity index (χ4n) is 1.15. The molecule has 90 valence electrons. The van der Waals surface area contributed by atoms with Gasteiger partial charge in [0, 0.05) is 13.2 Å². The predicted molar refractivity (Wildman–Crippen MR) is 59.7 cm³/mol. The molecule has 4 nitrogen and oxygen atoms in total. The molecular formula is C11H23NO3. The predicted octanol–water partition coefficient (Wildman–Crippen LogP) is 1.78. The van der Waals surface area contributed by atoms with Gasteiger partial charge in [0.2, 0.25) is 0 Å². The number of aliphatic hydroxyl groups is 1. The molecule has 2 N–H and O–H groups in total. The lowest BCUT2D eigenvalue weighted by molar-refractivity contribution is 0.130. The minimum absolute atomic E-state index is 0.168. The van der Waals surface area contributed by atoms with Crippen LogP contribution in [0.15, 0.2) is 0 Å². The average Bonchev–Trinajstić information content (AvgIpc) is 2.21. The molecule has 0 bridgehead atoms. The van der Waals surface area contributed by atoms with Crippen molar-refractivity contribution in [1.29, 1.82) is 0 Å². The summed E-state index contributed by atoms with van der Waals surface area (Å²) in [6, 6.07) is 0. The molecule has 0 aromatic heterocycles. The second kappa shape index (κ2) is 8.53. The van der Waals surface area contributed by atoms with E-state index in [-0.39, 0.29) is 12.7 Å². The number of carbonyl (C=O) groups excluding carboxylic acids is 1. The number of carbonyl (C=O) groups is 1. The topological polar surface area (TPSA) is 58.6 Å². The summed E-state index contributed by atoms with van der Waals surface area (Å²) in [7, 11) is 0. The van der Waals surface area contributed by atoms with E-state index in [0.717, 1.165) is 12.8 Å². The first-order valence-corrected chi connectivity index (χ1v) is 5.61. The first-order valence-electron chi connectivity index (χ1n) is 5.61. The summed E-state index contributed by atoms with van der Waals surface area (Å²) in [5, 5.41) is 11.5. The third-order valence-electron chi connectivity index (χ3n) is 2.20. The summed E-state index contributed by atoms with van der Waals surface area (Å²) in [4.78, 5) is 11.2. The van der Waals surface area contributed by atoms with Gasteiger partial charge in [-0.25, -0.2) is 4.79 Å². The van der Waals surface area contributed by atoms with Gasteiger partial charge in [0.25, 0.3) is 0 Å². The third-order valence-corrected chi connectivity index (χ3v) is 2.20. The van der Waals surface area contributed by atoms with Gasteiger partial charge < -0.3 is 15.2 Å². The molecule has 1 atom stereocenters. The summed E-state index contributed by atoms with van der Waals surface area (Å²) >= 11 is 0. The number of ether oxygens (including phenoxy) is 1. The SMILES string of the molecule is CCC(CCO)CNC(=O)OCC(C)C. The van der Waals surface area contributed by atoms with Gasteiger partial charge >= 0.3 is 6.09 Å². The van der Waals surface area contributed by atoms with Crippen LogP contribution in [0.3, 0.4) is 0 Å². The molecule has 0 radical (unpaired) electrons. The third kappa shape index (κ3) is 8.24. The van der Waals surface area contributed by atoms with Gasteiger partial charge in [-0.2, -0.15) is 0 Å². The molecule has 0 aliphatic heterocycles. The number of amides is 1. The van der Waals surface area contributed by atoms with E-state index >= 15 is 0 Å². The lowest BCUT2D eigenvalue weighted by atomic mass is 10.0. The van der Waals surface area contributed by atoms with Crippen LogP contribution in [0.4, 0.5) is 4.79 Å². The van der Waals surface area contributed by atoms with Crippen molar-refractivity contribution in [3.8, 4) is 0 Å². The Kier molecular flexibility index (Phi) is 8.09. The van der Waals surface area contributed by atoms with Crippen molar-refractivity contribution in [2.24, 2.45) is 11.8 Å². The van der Waals surface area contributed by atoms with E-state index in [0.29, 0.717) is 25.0 Å². The second-order valence-corrected chi connectivity index (χ2v) is 4.16. The van der Waals surface area contributed by atoms with Crippen molar-refractivity contribution in [1.82, 2.24) is 5.32 Å². The molecule has 0 aromatic carbocycles. The van der Waals surface area contributed by atoms with E-state index in [1.54, 1.807) is 0 Å². The maximum absolute atomic E-state index is 11.2. The number of hydrogen-bond donors (Lipinski definition) is 2. The molecule has 1 amide bonds. The van der Waals surface area contributed by atoms with E-state index < -0.39 is 0 Å². The molecule has 0 heterocycles. The van der Waals surface area contributed by atoms with Crippen LogP contribution in [-0.4, -0.2) is 31.0 Å². The molecule has 0 saturated carbocycles. The first-order chi connectivity index (χ1) is 7.10. The van der Waals surface area contributed by atoms with Gasteiger partial charge in [0.1, 0.15) is 0 Å². The van der Waals surface area contributed by atoms with Crippen LogP contribution in [0.25, 0.3) is 0 Å². The van der Waals surface area contributed by atoms with E-state index in [1.807, 2.05) is 20.8 Å². The zero-order valence-electron chi connectivity index (χ0n) is 9.95. The van der Waals surface area contributed by atoms with Gasteiger partial charge in [0.15, 0.2) is 0 Å². The second-order valence-electron chi connectivity index (χ2n) is 4.16. The number of rotatable bonds is 7. The maximum atomic E-state index is 11.2. The highest BCUT2D eigenvalue weighted by Crippen LogP contribution is 2.05. The monoisotopic (exact) mass is 217 g/mol. The van der Waals surface area contributed by atoms with Crippen molar-refractivity contribution in [2.45, 2.75) is 33.6 Å². The Balaban J connectivity index is 3.59. The average molecular weight is 217 g/mol. The van der Waals surface area contributed by atoms with Gasteiger partial charge in [-0.3, -0.25) is 0 Å². The number of hydrogen-bond acceptors (Lipinski definition) is 3. The van der Waals surface area contributed by atoms with Crippen molar-refractivity contribution in [3.63, 3.8) is 0 Å². The smallest absolute Gasteiger partial charge is 0.407 e. The minimum atomic E-state index is -0.361. The summed E-state index contributed by atoms with van der Waals surface area (Å²) in [5.41, 5.74) is 0. The first kappa shape index (κ1) is 14.2. The Labute approximate surface area is 92.0 Å². The summed E-state index contributed by atoms with van der Waals surface area (Å²) < 4.78 is 4.96. The normalized spacial score (nSPS) is 12.6. The Morgan fingerprint density at radius 2 is 2.13 bits per heavy atom. The molecule has 0 spiro atoms. The molecule has 15 heavy (non-hydrogen) atoms. The van der Waals surface area contributed by atoms with Crippen LogP contribution < -0.4 is 5.32 Å². The van der Waals surface area contributed by atoms with Gasteiger partial charge in [-0.1, -0.05) is 27.2 Å². The lowest BCUT2D eigenvalue weighted by Crippen LogP contribution is -2.30. The van der Waals surface area contributed by atoms with E-state index in [4.69, 9.17) is 9.84 Å². The zero-order valence-corrected chi connectivity index (χ0v) is 9.95. The van der Waals surface area contributed by atoms with Gasteiger partial charge in [-0.05, 0) is 18.3 Å². The fraction of sp³-hybridized carbons (Fsp3) is 0.909. The Morgan fingerprint density at radius 3 is 2.60 bits per heavy atom. The highest BCUT2D eigenvalue weighted by molar-refractivity contribution is 5.67. The van der Waals surface area contributed by atoms with Crippen molar-refractivity contribution in [3.05, 3.63) is 0 Å². The van der Waals surface area contributed by atoms with Gasteiger partial charge in [-0.15, -0.1) is 0 Å². The standard InChI is InChI=1S/C11H23NO3/c1-4-10(5-6-13)7-12-11(14)15-8-9(2)3/h9-10,13H,4-8H2,1-3H3,(H,12,14). The molecular weight excluding hydrogens is 194 g/mol. The molecule has 0 aliphatic carbocycles. The quantitative estimate of drug-likeness (QED) is 0.683. The molecule has 0 aromatic rings. The maximum Gasteiger partial charge on any atom is 0.407 e. The van der Waals surface area contributed by atoms with Crippen molar-refractivity contribution < 1.29 is 14.6 Å². The van der Waals surface area contributed by atoms with Crippen molar-refractivity contribution >= 4 is 6.09 Å². The lowest BCUT2D eigenvalue weighted by Gasteiger charge is -2.14. The molecule has 0 fully saturated rings. The summed E-state index contributed by atoms with van der Waals surface area (Å²) in [6.07, 6.45) is 1.31. The largest absolute Gasteiger partial charge is 0.449 e. The Bertz CT molecular complexity index is 171. The Morgan fingerprint density at radius 1 is 1.47 bits per heavy atom. The van der Waals surface area contributed by atoms with Crippen LogP contribution in [-0.2, 0) is 4.74 Å². The van der Waals surface area contributed by atoms with E-state index in [9.17, 15) is 4.79 Å². The number of alkyl carbamates (subject to hydrolysis) is 1. The molecule has 1 unspecified atom stereocenters. The number of aliphatic hydroxyl groups excluding tert-OH is 1. The Hall–Kier alpha value is -0.770. The van der Waals surface area contributed by atoms with E-state index in [1.165, 1.54) is 0 Å². The fourth-order valence-corrected chi connectivity index (χ4v) is 1.15. The van der Waals surface area contributed by atoms with Gasteiger partial charge in [0.05, 0.1) is 6.61 Å². The molecule has 0 saturated heterocycles. The highest BCUT2D eigenvalue weighted by atomic mass is 16.5. The van der Waals surface area contributed by atoms with E-state index in [2.05, 4.69) is 5.32 Å². The van der Waals surface area contributed by atoms with Crippen molar-refractivity contribution in [2.75, 3.05) is 19.8 Å². The molecule has 4 heteroatoms. The van der Waals surface area contributed by atoms with Crippen LogP contribution in [0.5, 0.6) is 0 Å². The zero-order chi connectivity index (χ0) is 11.7.